The fraction of sp³-hybridized carbons (Fsp3) is 0.0625. The van der Waals surface area contributed by atoms with Gasteiger partial charge in [-0.1, -0.05) is 153 Å². The molecule has 10 rings (SSSR count). The number of hydrogen-bond donors (Lipinski definition) is 0. The van der Waals surface area contributed by atoms with Gasteiger partial charge in [-0.05, 0) is 68.8 Å². The first kappa shape index (κ1) is 30.6. The Morgan fingerprint density at radius 1 is 0.404 bits per heavy atom. The van der Waals surface area contributed by atoms with Gasteiger partial charge >= 0.3 is 0 Å². The van der Waals surface area contributed by atoms with Gasteiger partial charge in [0.25, 0.3) is 0 Å². The van der Waals surface area contributed by atoms with Crippen LogP contribution in [-0.4, -0.2) is 15.0 Å². The second-order valence-electron chi connectivity index (χ2n) is 14.0. The van der Waals surface area contributed by atoms with E-state index in [1.807, 2.05) is 0 Å². The van der Waals surface area contributed by atoms with E-state index in [-0.39, 0.29) is 5.41 Å². The molecule has 246 valence electrons. The third-order valence-electron chi connectivity index (χ3n) is 10.6. The van der Waals surface area contributed by atoms with Crippen LogP contribution in [0.1, 0.15) is 25.0 Å². The highest BCUT2D eigenvalue weighted by molar-refractivity contribution is 7.26. The summed E-state index contributed by atoms with van der Waals surface area (Å²) in [5, 5.41) is 2.47. The number of rotatable bonds is 5. The second-order valence-corrected chi connectivity index (χ2v) is 15.0. The molecule has 0 amide bonds. The summed E-state index contributed by atoms with van der Waals surface area (Å²) in [6.45, 7) is 4.63. The van der Waals surface area contributed by atoms with Crippen LogP contribution in [0.2, 0.25) is 0 Å². The number of aromatic nitrogens is 3. The lowest BCUT2D eigenvalue weighted by Gasteiger charge is -2.21. The lowest BCUT2D eigenvalue weighted by Crippen LogP contribution is -2.14. The van der Waals surface area contributed by atoms with Crippen molar-refractivity contribution in [3.8, 4) is 67.5 Å². The molecule has 0 aliphatic heterocycles. The second kappa shape index (κ2) is 11.9. The van der Waals surface area contributed by atoms with E-state index in [4.69, 9.17) is 15.0 Å². The number of thiophene rings is 1. The molecule has 0 spiro atoms. The molecule has 3 nitrogen and oxygen atoms in total. The zero-order valence-electron chi connectivity index (χ0n) is 28.8. The predicted molar refractivity (Wildman–Crippen MR) is 217 cm³/mol. The maximum Gasteiger partial charge on any atom is 0.165 e. The fourth-order valence-electron chi connectivity index (χ4n) is 8.01. The molecule has 0 saturated heterocycles. The quantitative estimate of drug-likeness (QED) is 0.181. The van der Waals surface area contributed by atoms with Crippen molar-refractivity contribution in [3.63, 3.8) is 0 Å². The summed E-state index contributed by atoms with van der Waals surface area (Å²) < 4.78 is 2.43. The standard InChI is InChI=1S/C48H33N3S/c1-48(2)40-24-11-9-20-36(40)43-37(22-14-25-41(43)48)46-49-45(50-47(51-46)38-23-13-21-34-33-19-10-12-26-42(33)52-44(34)38)35-28-27-32(30-15-5-3-6-16-30)29-39(35)31-17-7-4-8-18-31/h3-29H,1-2H3. The van der Waals surface area contributed by atoms with Crippen molar-refractivity contribution in [2.75, 3.05) is 0 Å². The van der Waals surface area contributed by atoms with Crippen molar-refractivity contribution in [3.05, 3.63) is 175 Å². The highest BCUT2D eigenvalue weighted by atomic mass is 32.1. The highest BCUT2D eigenvalue weighted by Gasteiger charge is 2.37. The number of nitrogens with zero attached hydrogens (tertiary/aromatic N) is 3. The fourth-order valence-corrected chi connectivity index (χ4v) is 9.22. The molecule has 0 atom stereocenters. The van der Waals surface area contributed by atoms with E-state index in [1.54, 1.807) is 11.3 Å². The van der Waals surface area contributed by atoms with Gasteiger partial charge in [0.2, 0.25) is 0 Å². The number of benzene rings is 7. The van der Waals surface area contributed by atoms with E-state index < -0.39 is 0 Å². The van der Waals surface area contributed by atoms with Crippen LogP contribution in [0.25, 0.3) is 87.7 Å². The first-order valence-electron chi connectivity index (χ1n) is 17.7. The molecule has 0 fully saturated rings. The smallest absolute Gasteiger partial charge is 0.165 e. The maximum atomic E-state index is 5.39. The van der Waals surface area contributed by atoms with Crippen molar-refractivity contribution in [1.82, 2.24) is 15.0 Å². The Morgan fingerprint density at radius 2 is 0.981 bits per heavy atom. The van der Waals surface area contributed by atoms with Crippen LogP contribution < -0.4 is 0 Å². The molecule has 0 unspecified atom stereocenters. The summed E-state index contributed by atoms with van der Waals surface area (Å²) in [6, 6.07) is 58.2. The lowest BCUT2D eigenvalue weighted by atomic mass is 9.82. The Morgan fingerprint density at radius 3 is 1.79 bits per heavy atom. The summed E-state index contributed by atoms with van der Waals surface area (Å²) >= 11 is 1.80. The topological polar surface area (TPSA) is 38.7 Å². The van der Waals surface area contributed by atoms with Crippen molar-refractivity contribution < 1.29 is 0 Å². The van der Waals surface area contributed by atoms with Crippen molar-refractivity contribution in [2.24, 2.45) is 0 Å². The van der Waals surface area contributed by atoms with Gasteiger partial charge in [-0.2, -0.15) is 0 Å². The van der Waals surface area contributed by atoms with Crippen LogP contribution in [0.3, 0.4) is 0 Å². The minimum Gasteiger partial charge on any atom is -0.208 e. The van der Waals surface area contributed by atoms with Gasteiger partial charge in [0, 0.05) is 42.3 Å². The molecule has 2 heterocycles. The maximum absolute atomic E-state index is 5.39. The van der Waals surface area contributed by atoms with Gasteiger partial charge in [0.05, 0.1) is 0 Å². The van der Waals surface area contributed by atoms with Gasteiger partial charge in [-0.25, -0.2) is 15.0 Å². The predicted octanol–water partition coefficient (Wildman–Crippen LogP) is 12.9. The Hall–Kier alpha value is -6.23. The van der Waals surface area contributed by atoms with Crippen molar-refractivity contribution in [1.29, 1.82) is 0 Å². The van der Waals surface area contributed by atoms with Crippen molar-refractivity contribution in [2.45, 2.75) is 19.3 Å². The van der Waals surface area contributed by atoms with E-state index in [0.717, 1.165) is 33.4 Å². The van der Waals surface area contributed by atoms with Crippen LogP contribution in [0, 0.1) is 0 Å². The summed E-state index contributed by atoms with van der Waals surface area (Å²) in [5.74, 6) is 2.00. The van der Waals surface area contributed by atoms with E-state index in [9.17, 15) is 0 Å². The third-order valence-corrected chi connectivity index (χ3v) is 11.8. The van der Waals surface area contributed by atoms with Gasteiger partial charge in [-0.3, -0.25) is 0 Å². The Labute approximate surface area is 307 Å². The van der Waals surface area contributed by atoms with E-state index in [1.165, 1.54) is 48.0 Å². The molecule has 0 N–H and O–H groups in total. The average Bonchev–Trinajstić information content (AvgIpc) is 3.70. The summed E-state index contributed by atoms with van der Waals surface area (Å²) in [5.41, 5.74) is 12.4. The molecule has 0 bridgehead atoms. The molecule has 7 aromatic carbocycles. The SMILES string of the molecule is CC1(C)c2ccccc2-c2c(-c3nc(-c4ccc(-c5ccccc5)cc4-c4ccccc4)nc(-c4cccc5c4sc4ccccc45)n3)cccc21. The summed E-state index contributed by atoms with van der Waals surface area (Å²) in [7, 11) is 0. The highest BCUT2D eigenvalue weighted by Crippen LogP contribution is 2.52. The van der Waals surface area contributed by atoms with E-state index in [0.29, 0.717) is 17.5 Å². The minimum absolute atomic E-state index is 0.142. The van der Waals surface area contributed by atoms with E-state index in [2.05, 4.69) is 178 Å². The normalized spacial score (nSPS) is 13.0. The molecular weight excluding hydrogens is 651 g/mol. The van der Waals surface area contributed by atoms with Crippen LogP contribution in [-0.2, 0) is 5.41 Å². The molecule has 0 saturated carbocycles. The van der Waals surface area contributed by atoms with Crippen LogP contribution in [0.4, 0.5) is 0 Å². The van der Waals surface area contributed by atoms with Gasteiger partial charge < -0.3 is 0 Å². The Bertz CT molecular complexity index is 2820. The summed E-state index contributed by atoms with van der Waals surface area (Å²) in [6.07, 6.45) is 0. The molecule has 52 heavy (non-hydrogen) atoms. The third kappa shape index (κ3) is 4.83. The van der Waals surface area contributed by atoms with E-state index >= 15 is 0 Å². The molecular formula is C48H33N3S. The molecule has 9 aromatic rings. The first-order chi connectivity index (χ1) is 25.5. The molecule has 2 aromatic heterocycles. The molecule has 1 aliphatic carbocycles. The Kier molecular flexibility index (Phi) is 7.02. The Balaban J connectivity index is 1.27. The number of fused-ring (bicyclic) bond motifs is 6. The first-order valence-corrected chi connectivity index (χ1v) is 18.5. The van der Waals surface area contributed by atoms with Gasteiger partial charge in [-0.15, -0.1) is 11.3 Å². The van der Waals surface area contributed by atoms with Crippen molar-refractivity contribution >= 4 is 31.5 Å². The molecule has 0 radical (unpaired) electrons. The van der Waals surface area contributed by atoms with Gasteiger partial charge in [0.15, 0.2) is 17.5 Å². The van der Waals surface area contributed by atoms with Gasteiger partial charge in [0.1, 0.15) is 0 Å². The lowest BCUT2D eigenvalue weighted by molar-refractivity contribution is 0.660. The molecule has 4 heteroatoms. The molecule has 1 aliphatic rings. The van der Waals surface area contributed by atoms with Crippen LogP contribution in [0.5, 0.6) is 0 Å². The largest absolute Gasteiger partial charge is 0.208 e. The summed E-state index contributed by atoms with van der Waals surface area (Å²) in [4.78, 5) is 16.1. The zero-order chi connectivity index (χ0) is 34.8. The van der Waals surface area contributed by atoms with Crippen LogP contribution in [0.15, 0.2) is 164 Å². The zero-order valence-corrected chi connectivity index (χ0v) is 29.7. The average molecular weight is 684 g/mol. The minimum atomic E-state index is -0.142. The number of hydrogen-bond acceptors (Lipinski definition) is 4. The monoisotopic (exact) mass is 683 g/mol. The van der Waals surface area contributed by atoms with Crippen LogP contribution >= 0.6 is 11.3 Å².